The van der Waals surface area contributed by atoms with Gasteiger partial charge in [0.15, 0.2) is 5.78 Å². The Morgan fingerprint density at radius 1 is 1.33 bits per heavy atom. The van der Waals surface area contributed by atoms with Gasteiger partial charge in [-0.25, -0.2) is 8.78 Å². The van der Waals surface area contributed by atoms with Crippen LogP contribution in [-0.4, -0.2) is 5.78 Å². The Hall–Kier alpha value is -2.68. The first-order chi connectivity index (χ1) is 11.2. The predicted octanol–water partition coefficient (Wildman–Crippen LogP) is 3.42. The molecular weight excluding hydrogens is 314 g/mol. The normalized spacial score (nSPS) is 22.8. The first-order valence-corrected chi connectivity index (χ1v) is 7.52. The van der Waals surface area contributed by atoms with Crippen molar-refractivity contribution in [2.75, 3.05) is 0 Å². The minimum atomic E-state index is -0.969. The van der Waals surface area contributed by atoms with Gasteiger partial charge in [-0.3, -0.25) is 4.79 Å². The van der Waals surface area contributed by atoms with Crippen molar-refractivity contribution in [1.29, 1.82) is 5.26 Å². The number of carbonyl (C=O) groups is 1. The topological polar surface area (TPSA) is 76.1 Å². The zero-order chi connectivity index (χ0) is 17.6. The highest BCUT2D eigenvalue weighted by Crippen LogP contribution is 2.48. The second-order valence-electron chi connectivity index (χ2n) is 6.87. The summed E-state index contributed by atoms with van der Waals surface area (Å²) >= 11 is 0. The zero-order valence-electron chi connectivity index (χ0n) is 13.3. The van der Waals surface area contributed by atoms with Crippen LogP contribution in [0.4, 0.5) is 8.78 Å². The molecule has 2 N–H and O–H groups in total. The lowest BCUT2D eigenvalue weighted by molar-refractivity contribution is -0.119. The van der Waals surface area contributed by atoms with Crippen LogP contribution in [0.3, 0.4) is 0 Å². The van der Waals surface area contributed by atoms with E-state index in [0.717, 1.165) is 12.1 Å². The fourth-order valence-electron chi connectivity index (χ4n) is 3.33. The maximum Gasteiger partial charge on any atom is 0.205 e. The Bertz CT molecular complexity index is 847. The standard InChI is InChI=1S/C18H16F2N2O2/c1-18(2)6-13(23)16-14(7-18)24-17(22)11(8-21)15(16)10-4-3-9(19)5-12(10)20/h3-5,15H,6-7,22H2,1-2H3/t15-/m1/s1. The highest BCUT2D eigenvalue weighted by Gasteiger charge is 2.43. The molecule has 1 aliphatic carbocycles. The average Bonchev–Trinajstić information content (AvgIpc) is 2.44. The average molecular weight is 330 g/mol. The van der Waals surface area contributed by atoms with E-state index in [1.165, 1.54) is 6.07 Å². The third-order valence-corrected chi connectivity index (χ3v) is 4.35. The van der Waals surface area contributed by atoms with Crippen molar-refractivity contribution in [3.63, 3.8) is 0 Å². The number of benzene rings is 1. The summed E-state index contributed by atoms with van der Waals surface area (Å²) in [6.07, 6.45) is 0.708. The van der Waals surface area contributed by atoms with E-state index in [-0.39, 0.29) is 40.2 Å². The molecule has 2 aliphatic rings. The van der Waals surface area contributed by atoms with E-state index in [1.807, 2.05) is 19.9 Å². The molecule has 4 nitrogen and oxygen atoms in total. The summed E-state index contributed by atoms with van der Waals surface area (Å²) in [5.41, 5.74) is 5.77. The summed E-state index contributed by atoms with van der Waals surface area (Å²) in [5, 5.41) is 9.42. The highest BCUT2D eigenvalue weighted by molar-refractivity contribution is 6.00. The lowest BCUT2D eigenvalue weighted by atomic mass is 9.70. The maximum atomic E-state index is 14.3. The monoisotopic (exact) mass is 330 g/mol. The molecule has 1 atom stereocenters. The molecule has 1 aromatic rings. The van der Waals surface area contributed by atoms with E-state index < -0.39 is 17.6 Å². The number of allylic oxidation sites excluding steroid dienone is 3. The van der Waals surface area contributed by atoms with Gasteiger partial charge in [0, 0.05) is 30.0 Å². The molecule has 0 spiro atoms. The molecule has 24 heavy (non-hydrogen) atoms. The third-order valence-electron chi connectivity index (χ3n) is 4.35. The van der Waals surface area contributed by atoms with Crippen molar-refractivity contribution in [2.45, 2.75) is 32.6 Å². The molecular formula is C18H16F2N2O2. The van der Waals surface area contributed by atoms with Crippen LogP contribution in [0, 0.1) is 28.4 Å². The number of Topliss-reactive ketones (excluding diaryl/α,β-unsaturated/α-hetero) is 1. The van der Waals surface area contributed by atoms with Gasteiger partial charge in [0.1, 0.15) is 29.0 Å². The number of nitriles is 1. The summed E-state index contributed by atoms with van der Waals surface area (Å²) in [6.45, 7) is 3.84. The van der Waals surface area contributed by atoms with Crippen molar-refractivity contribution >= 4 is 5.78 Å². The van der Waals surface area contributed by atoms with Crippen LogP contribution in [-0.2, 0) is 9.53 Å². The Morgan fingerprint density at radius 3 is 2.67 bits per heavy atom. The fraction of sp³-hybridized carbons (Fsp3) is 0.333. The lowest BCUT2D eigenvalue weighted by Gasteiger charge is -2.37. The molecule has 0 fully saturated rings. The van der Waals surface area contributed by atoms with Gasteiger partial charge in [-0.15, -0.1) is 0 Å². The van der Waals surface area contributed by atoms with Crippen LogP contribution in [0.2, 0.25) is 0 Å². The molecule has 124 valence electrons. The van der Waals surface area contributed by atoms with Gasteiger partial charge in [-0.2, -0.15) is 5.26 Å². The van der Waals surface area contributed by atoms with Crippen molar-refractivity contribution in [2.24, 2.45) is 11.1 Å². The van der Waals surface area contributed by atoms with Gasteiger partial charge in [-0.05, 0) is 11.5 Å². The summed E-state index contributed by atoms with van der Waals surface area (Å²) in [4.78, 5) is 12.7. The number of hydrogen-bond donors (Lipinski definition) is 1. The van der Waals surface area contributed by atoms with E-state index in [0.29, 0.717) is 12.2 Å². The van der Waals surface area contributed by atoms with E-state index in [9.17, 15) is 18.8 Å². The van der Waals surface area contributed by atoms with E-state index in [2.05, 4.69) is 0 Å². The van der Waals surface area contributed by atoms with E-state index in [1.54, 1.807) is 0 Å². The minimum absolute atomic E-state index is 0.0349. The lowest BCUT2D eigenvalue weighted by Crippen LogP contribution is -2.33. The van der Waals surface area contributed by atoms with Gasteiger partial charge >= 0.3 is 0 Å². The summed E-state index contributed by atoms with van der Waals surface area (Å²) in [7, 11) is 0. The Labute approximate surface area is 138 Å². The highest BCUT2D eigenvalue weighted by atomic mass is 19.1. The SMILES string of the molecule is CC1(C)CC(=O)C2=C(C1)OC(N)=C(C#N)[C@H]2c1ccc(F)cc1F. The smallest absolute Gasteiger partial charge is 0.205 e. The number of hydrogen-bond acceptors (Lipinski definition) is 4. The molecule has 0 saturated carbocycles. The fourth-order valence-corrected chi connectivity index (χ4v) is 3.33. The quantitative estimate of drug-likeness (QED) is 0.856. The number of nitrogens with zero attached hydrogens (tertiary/aromatic N) is 1. The summed E-state index contributed by atoms with van der Waals surface area (Å²) in [5.74, 6) is -2.52. The third kappa shape index (κ3) is 2.56. The largest absolute Gasteiger partial charge is 0.444 e. The summed E-state index contributed by atoms with van der Waals surface area (Å²) < 4.78 is 33.1. The number of carbonyl (C=O) groups excluding carboxylic acids is 1. The second-order valence-corrected chi connectivity index (χ2v) is 6.87. The Kier molecular flexibility index (Phi) is 3.67. The number of ether oxygens (including phenoxy) is 1. The van der Waals surface area contributed by atoms with Crippen LogP contribution in [0.1, 0.15) is 38.2 Å². The first-order valence-electron chi connectivity index (χ1n) is 7.52. The van der Waals surface area contributed by atoms with Gasteiger partial charge in [0.05, 0.1) is 5.92 Å². The van der Waals surface area contributed by atoms with Gasteiger partial charge in [0.25, 0.3) is 0 Å². The number of ketones is 1. The van der Waals surface area contributed by atoms with Crippen LogP contribution in [0.25, 0.3) is 0 Å². The Balaban J connectivity index is 2.22. The van der Waals surface area contributed by atoms with E-state index in [4.69, 9.17) is 10.5 Å². The molecule has 6 heteroatoms. The van der Waals surface area contributed by atoms with Crippen LogP contribution in [0.15, 0.2) is 41.0 Å². The van der Waals surface area contributed by atoms with Crippen molar-refractivity contribution in [3.8, 4) is 6.07 Å². The molecule has 0 unspecified atom stereocenters. The molecule has 0 amide bonds. The molecule has 0 bridgehead atoms. The van der Waals surface area contributed by atoms with Crippen molar-refractivity contribution < 1.29 is 18.3 Å². The maximum absolute atomic E-state index is 14.3. The molecule has 0 saturated heterocycles. The van der Waals surface area contributed by atoms with Crippen molar-refractivity contribution in [1.82, 2.24) is 0 Å². The first kappa shape index (κ1) is 16.2. The minimum Gasteiger partial charge on any atom is -0.444 e. The number of nitrogens with two attached hydrogens (primary N) is 1. The van der Waals surface area contributed by atoms with Gasteiger partial charge in [-0.1, -0.05) is 19.9 Å². The molecule has 1 heterocycles. The van der Waals surface area contributed by atoms with Crippen molar-refractivity contribution in [3.05, 3.63) is 58.2 Å². The molecule has 0 radical (unpaired) electrons. The van der Waals surface area contributed by atoms with Crippen LogP contribution in [0.5, 0.6) is 0 Å². The predicted molar refractivity (Wildman–Crippen MR) is 82.1 cm³/mol. The zero-order valence-corrected chi connectivity index (χ0v) is 13.3. The molecule has 1 aromatic carbocycles. The van der Waals surface area contributed by atoms with Crippen LogP contribution >= 0.6 is 0 Å². The van der Waals surface area contributed by atoms with Gasteiger partial charge in [0.2, 0.25) is 5.88 Å². The van der Waals surface area contributed by atoms with E-state index >= 15 is 0 Å². The Morgan fingerprint density at radius 2 is 2.04 bits per heavy atom. The number of rotatable bonds is 1. The van der Waals surface area contributed by atoms with Gasteiger partial charge < -0.3 is 10.5 Å². The second kappa shape index (κ2) is 5.45. The molecule has 0 aromatic heterocycles. The number of halogens is 2. The molecule has 1 aliphatic heterocycles. The summed E-state index contributed by atoms with van der Waals surface area (Å²) in [6, 6.07) is 4.96. The van der Waals surface area contributed by atoms with Crippen LogP contribution < -0.4 is 5.73 Å². The molecule has 3 rings (SSSR count).